The molecule has 0 aromatic heterocycles. The third-order valence-corrected chi connectivity index (χ3v) is 8.96. The highest BCUT2D eigenvalue weighted by Gasteiger charge is 2.22. The van der Waals surface area contributed by atoms with E-state index in [2.05, 4.69) is 37.2 Å². The van der Waals surface area contributed by atoms with E-state index in [9.17, 15) is 21.6 Å². The molecule has 0 aliphatic carbocycles. The predicted octanol–water partition coefficient (Wildman–Crippen LogP) is 7.16. The van der Waals surface area contributed by atoms with Gasteiger partial charge in [0.1, 0.15) is 17.5 Å². The maximum absolute atomic E-state index is 14.0. The molecule has 32 heavy (non-hydrogen) atoms. The molecule has 0 atom stereocenters. The third kappa shape index (κ3) is 4.93. The third-order valence-electron chi connectivity index (χ3n) is 4.75. The summed E-state index contributed by atoms with van der Waals surface area (Å²) < 4.78 is 68.7. The van der Waals surface area contributed by atoms with Crippen LogP contribution in [-0.4, -0.2) is 15.0 Å². The van der Waals surface area contributed by atoms with Gasteiger partial charge in [-0.15, -0.1) is 0 Å². The highest BCUT2D eigenvalue weighted by Crippen LogP contribution is 2.40. The maximum atomic E-state index is 14.0. The van der Waals surface area contributed by atoms with E-state index in [0.29, 0.717) is 48.7 Å². The summed E-state index contributed by atoms with van der Waals surface area (Å²) in [6, 6.07) is 11.3. The number of rotatable bonds is 4. The molecule has 3 nitrogen and oxygen atoms in total. The average molecular weight is 605 g/mol. The number of sulfone groups is 1. The highest BCUT2D eigenvalue weighted by atomic mass is 79.9. The fraction of sp³-hybridized carbons (Fsp3) is 0.0909. The number of nitrogens with one attached hydrogen (secondary N) is 1. The van der Waals surface area contributed by atoms with E-state index in [1.807, 2.05) is 0 Å². The Labute approximate surface area is 204 Å². The Kier molecular flexibility index (Phi) is 6.76. The van der Waals surface area contributed by atoms with Crippen molar-refractivity contribution in [1.29, 1.82) is 0 Å². The topological polar surface area (TPSA) is 46.2 Å². The number of thioether (sulfide) groups is 1. The van der Waals surface area contributed by atoms with Gasteiger partial charge in [0, 0.05) is 48.7 Å². The summed E-state index contributed by atoms with van der Waals surface area (Å²) in [5.74, 6) is -3.21. The van der Waals surface area contributed by atoms with Gasteiger partial charge in [0.25, 0.3) is 0 Å². The molecule has 0 fully saturated rings. The zero-order valence-corrected chi connectivity index (χ0v) is 20.9. The van der Waals surface area contributed by atoms with Crippen LogP contribution in [0, 0.1) is 17.5 Å². The lowest BCUT2D eigenvalue weighted by Crippen LogP contribution is -2.11. The standard InChI is InChI=1S/C22H14Br2F3NO2S2/c23-17-2-1-3-18(24)16(17)11-32(29,30)14-4-5-21-22(9-14)31-13(10-28-21)8-15-19(26)6-12(25)7-20(15)27/h1-9,28H,10-11H2. The van der Waals surface area contributed by atoms with E-state index in [1.165, 1.54) is 30.0 Å². The molecular weight excluding hydrogens is 591 g/mol. The van der Waals surface area contributed by atoms with Gasteiger partial charge in [-0.3, -0.25) is 0 Å². The predicted molar refractivity (Wildman–Crippen MR) is 128 cm³/mol. The minimum Gasteiger partial charge on any atom is -0.380 e. The molecule has 3 aromatic rings. The zero-order valence-electron chi connectivity index (χ0n) is 16.1. The second kappa shape index (κ2) is 9.24. The van der Waals surface area contributed by atoms with Crippen LogP contribution in [-0.2, 0) is 15.6 Å². The number of hydrogen-bond donors (Lipinski definition) is 1. The number of anilines is 1. The first-order valence-electron chi connectivity index (χ1n) is 9.20. The molecule has 0 unspecified atom stereocenters. The van der Waals surface area contributed by atoms with Gasteiger partial charge >= 0.3 is 0 Å². The lowest BCUT2D eigenvalue weighted by atomic mass is 10.1. The quantitative estimate of drug-likeness (QED) is 0.343. The van der Waals surface area contributed by atoms with E-state index in [0.717, 1.165) is 0 Å². The molecular formula is C22H14Br2F3NO2S2. The van der Waals surface area contributed by atoms with E-state index < -0.39 is 27.3 Å². The molecule has 0 spiro atoms. The monoisotopic (exact) mass is 603 g/mol. The van der Waals surface area contributed by atoms with Crippen LogP contribution in [0.25, 0.3) is 6.08 Å². The lowest BCUT2D eigenvalue weighted by molar-refractivity contribution is 0.540. The van der Waals surface area contributed by atoms with Crippen LogP contribution in [0.3, 0.4) is 0 Å². The van der Waals surface area contributed by atoms with Crippen molar-refractivity contribution in [3.63, 3.8) is 0 Å². The summed E-state index contributed by atoms with van der Waals surface area (Å²) in [6.07, 6.45) is 1.30. The largest absolute Gasteiger partial charge is 0.380 e. The molecule has 0 saturated heterocycles. The second-order valence-electron chi connectivity index (χ2n) is 6.97. The first kappa shape index (κ1) is 23.4. The number of benzene rings is 3. The number of halogens is 5. The highest BCUT2D eigenvalue weighted by molar-refractivity contribution is 9.11. The van der Waals surface area contributed by atoms with Gasteiger partial charge in [-0.05, 0) is 42.0 Å². The Bertz CT molecular complexity index is 1320. The smallest absolute Gasteiger partial charge is 0.182 e. The van der Waals surface area contributed by atoms with Crippen LogP contribution in [0.5, 0.6) is 0 Å². The molecule has 1 aliphatic heterocycles. The Morgan fingerprint density at radius 1 is 1.00 bits per heavy atom. The van der Waals surface area contributed by atoms with Gasteiger partial charge in [-0.2, -0.15) is 0 Å². The van der Waals surface area contributed by atoms with Crippen molar-refractivity contribution in [3.05, 3.63) is 91.0 Å². The second-order valence-corrected chi connectivity index (χ2v) is 11.8. The van der Waals surface area contributed by atoms with Gasteiger partial charge < -0.3 is 5.32 Å². The molecule has 0 bridgehead atoms. The summed E-state index contributed by atoms with van der Waals surface area (Å²) in [5.41, 5.74) is 0.980. The zero-order chi connectivity index (χ0) is 23.0. The molecule has 0 radical (unpaired) electrons. The van der Waals surface area contributed by atoms with Crippen LogP contribution in [0.1, 0.15) is 11.1 Å². The van der Waals surface area contributed by atoms with Crippen LogP contribution in [0.4, 0.5) is 18.9 Å². The molecule has 1 aliphatic rings. The fourth-order valence-electron chi connectivity index (χ4n) is 3.16. The first-order valence-corrected chi connectivity index (χ1v) is 13.3. The Morgan fingerprint density at radius 2 is 1.66 bits per heavy atom. The van der Waals surface area contributed by atoms with Gasteiger partial charge in [0.2, 0.25) is 0 Å². The molecule has 166 valence electrons. The molecule has 3 aromatic carbocycles. The Hall–Kier alpha value is -1.75. The summed E-state index contributed by atoms with van der Waals surface area (Å²) in [6.45, 7) is 0.296. The van der Waals surface area contributed by atoms with Crippen molar-refractivity contribution in [3.8, 4) is 0 Å². The van der Waals surface area contributed by atoms with Crippen LogP contribution < -0.4 is 5.32 Å². The molecule has 1 heterocycles. The van der Waals surface area contributed by atoms with Crippen molar-refractivity contribution in [2.45, 2.75) is 15.5 Å². The van der Waals surface area contributed by atoms with E-state index in [4.69, 9.17) is 0 Å². The summed E-state index contributed by atoms with van der Waals surface area (Å²) >= 11 is 7.98. The Balaban J connectivity index is 1.65. The first-order chi connectivity index (χ1) is 15.1. The summed E-state index contributed by atoms with van der Waals surface area (Å²) in [7, 11) is -3.67. The molecule has 1 N–H and O–H groups in total. The van der Waals surface area contributed by atoms with Crippen LogP contribution >= 0.6 is 43.6 Å². The SMILES string of the molecule is O=S(=O)(Cc1c(Br)cccc1Br)c1ccc2c(c1)SC(=Cc1c(F)cc(F)cc1F)CN2. The number of hydrogen-bond acceptors (Lipinski definition) is 4. The number of fused-ring (bicyclic) bond motifs is 1. The van der Waals surface area contributed by atoms with Crippen molar-refractivity contribution < 1.29 is 21.6 Å². The maximum Gasteiger partial charge on any atom is 0.182 e. The van der Waals surface area contributed by atoms with Crippen molar-refractivity contribution in [1.82, 2.24) is 0 Å². The normalized spacial score (nSPS) is 14.8. The van der Waals surface area contributed by atoms with Crippen LogP contribution in [0.15, 0.2) is 72.2 Å². The van der Waals surface area contributed by atoms with Gasteiger partial charge in [-0.1, -0.05) is 49.7 Å². The molecule has 4 rings (SSSR count). The van der Waals surface area contributed by atoms with Gasteiger partial charge in [-0.25, -0.2) is 21.6 Å². The van der Waals surface area contributed by atoms with Crippen molar-refractivity contribution in [2.24, 2.45) is 0 Å². The molecule has 0 amide bonds. The van der Waals surface area contributed by atoms with Crippen molar-refractivity contribution >= 4 is 65.2 Å². The Morgan fingerprint density at radius 3 is 2.31 bits per heavy atom. The lowest BCUT2D eigenvalue weighted by Gasteiger charge is -2.21. The van der Waals surface area contributed by atoms with E-state index in [1.54, 1.807) is 24.3 Å². The van der Waals surface area contributed by atoms with Crippen molar-refractivity contribution in [2.75, 3.05) is 11.9 Å². The molecule has 0 saturated carbocycles. The van der Waals surface area contributed by atoms with E-state index >= 15 is 0 Å². The summed E-state index contributed by atoms with van der Waals surface area (Å²) in [5, 5.41) is 3.11. The summed E-state index contributed by atoms with van der Waals surface area (Å²) in [4.78, 5) is 1.30. The van der Waals surface area contributed by atoms with E-state index in [-0.39, 0.29) is 16.2 Å². The minimum absolute atomic E-state index is 0.133. The molecule has 10 heteroatoms. The fourth-order valence-corrected chi connectivity index (χ4v) is 7.36. The van der Waals surface area contributed by atoms with Gasteiger partial charge in [0.15, 0.2) is 9.84 Å². The van der Waals surface area contributed by atoms with Crippen LogP contribution in [0.2, 0.25) is 0 Å². The van der Waals surface area contributed by atoms with Gasteiger partial charge in [0.05, 0.1) is 10.6 Å². The minimum atomic E-state index is -3.67. The average Bonchev–Trinajstić information content (AvgIpc) is 2.73.